The number of hydrogen-bond acceptors (Lipinski definition) is 4. The summed E-state index contributed by atoms with van der Waals surface area (Å²) in [6.45, 7) is 1.64. The topological polar surface area (TPSA) is 64.3 Å². The number of nitrogens with one attached hydrogen (secondary N) is 2. The van der Waals surface area contributed by atoms with E-state index in [2.05, 4.69) is 38.6 Å². The summed E-state index contributed by atoms with van der Waals surface area (Å²) in [7, 11) is 3.94. The Kier molecular flexibility index (Phi) is 5.02. The number of carbonyl (C=O) groups is 1. The fraction of sp³-hybridized carbons (Fsp3) is 0.273. The summed E-state index contributed by atoms with van der Waals surface area (Å²) in [4.78, 5) is 16.8. The van der Waals surface area contributed by atoms with E-state index in [1.54, 1.807) is 0 Å². The van der Waals surface area contributed by atoms with Crippen LogP contribution in [0.5, 0.6) is 0 Å². The van der Waals surface area contributed by atoms with Crippen molar-refractivity contribution in [2.75, 3.05) is 37.0 Å². The first-order chi connectivity index (χ1) is 13.6. The van der Waals surface area contributed by atoms with Crippen molar-refractivity contribution in [1.82, 2.24) is 15.5 Å². The quantitative estimate of drug-likeness (QED) is 0.719. The summed E-state index contributed by atoms with van der Waals surface area (Å²) in [5.41, 5.74) is 3.83. The molecular formula is C22H25N5O. The van der Waals surface area contributed by atoms with Crippen LogP contribution < -0.4 is 15.1 Å². The van der Waals surface area contributed by atoms with E-state index in [1.807, 2.05) is 61.5 Å². The van der Waals surface area contributed by atoms with Crippen molar-refractivity contribution in [3.8, 4) is 11.3 Å². The van der Waals surface area contributed by atoms with E-state index >= 15 is 0 Å². The van der Waals surface area contributed by atoms with Gasteiger partial charge < -0.3 is 15.1 Å². The van der Waals surface area contributed by atoms with E-state index in [1.165, 1.54) is 0 Å². The molecule has 0 bridgehead atoms. The van der Waals surface area contributed by atoms with Crippen LogP contribution in [0.4, 0.5) is 11.5 Å². The van der Waals surface area contributed by atoms with Crippen molar-refractivity contribution < 1.29 is 4.79 Å². The van der Waals surface area contributed by atoms with Gasteiger partial charge in [-0.25, -0.2) is 0 Å². The molecule has 1 fully saturated rings. The zero-order chi connectivity index (χ0) is 19.5. The standard InChI is InChI=1S/C22H25N5O/c1-26(2)19-10-6-9-17(13-19)22(28)23-18-11-12-27(15-18)21-14-20(24-25-21)16-7-4-3-5-8-16/h3-10,13-14,18H,11-12,15H2,1-2H3,(H,23,28)(H,24,25). The molecule has 1 aliphatic heterocycles. The molecule has 2 N–H and O–H groups in total. The third-order valence-corrected chi connectivity index (χ3v) is 5.12. The Bertz CT molecular complexity index is 950. The van der Waals surface area contributed by atoms with Gasteiger partial charge in [-0.05, 0) is 30.2 Å². The van der Waals surface area contributed by atoms with Crippen LogP contribution in [0.15, 0.2) is 60.7 Å². The number of aromatic amines is 1. The van der Waals surface area contributed by atoms with Gasteiger partial charge in [0.05, 0.1) is 5.69 Å². The van der Waals surface area contributed by atoms with Gasteiger partial charge in [0.2, 0.25) is 0 Å². The molecule has 6 heteroatoms. The van der Waals surface area contributed by atoms with Crippen LogP contribution in [-0.4, -0.2) is 49.3 Å². The van der Waals surface area contributed by atoms with Crippen LogP contribution in [0.2, 0.25) is 0 Å². The third kappa shape index (κ3) is 3.86. The highest BCUT2D eigenvalue weighted by atomic mass is 16.1. The molecule has 1 amide bonds. The second kappa shape index (κ2) is 7.76. The number of anilines is 2. The van der Waals surface area contributed by atoms with Crippen LogP contribution in [-0.2, 0) is 0 Å². The van der Waals surface area contributed by atoms with Crippen LogP contribution >= 0.6 is 0 Å². The molecule has 1 atom stereocenters. The summed E-state index contributed by atoms with van der Waals surface area (Å²) < 4.78 is 0. The summed E-state index contributed by atoms with van der Waals surface area (Å²) in [5, 5.41) is 10.7. The molecule has 144 valence electrons. The maximum atomic E-state index is 12.6. The Morgan fingerprint density at radius 2 is 1.96 bits per heavy atom. The van der Waals surface area contributed by atoms with Crippen LogP contribution in [0.1, 0.15) is 16.8 Å². The van der Waals surface area contributed by atoms with Crippen LogP contribution in [0.25, 0.3) is 11.3 Å². The van der Waals surface area contributed by atoms with Gasteiger partial charge in [0.1, 0.15) is 0 Å². The molecule has 1 aliphatic rings. The molecular weight excluding hydrogens is 350 g/mol. The minimum absolute atomic E-state index is 0.0254. The monoisotopic (exact) mass is 375 g/mol. The molecule has 1 aromatic heterocycles. The lowest BCUT2D eigenvalue weighted by Gasteiger charge is -2.17. The largest absolute Gasteiger partial charge is 0.378 e. The lowest BCUT2D eigenvalue weighted by atomic mass is 10.1. The maximum absolute atomic E-state index is 12.6. The van der Waals surface area contributed by atoms with Gasteiger partial charge in [-0.1, -0.05) is 36.4 Å². The molecule has 2 heterocycles. The molecule has 1 unspecified atom stereocenters. The number of hydrogen-bond donors (Lipinski definition) is 2. The zero-order valence-corrected chi connectivity index (χ0v) is 16.2. The average Bonchev–Trinajstić information content (AvgIpc) is 3.38. The number of benzene rings is 2. The van der Waals surface area contributed by atoms with Crippen molar-refractivity contribution in [3.05, 3.63) is 66.2 Å². The van der Waals surface area contributed by atoms with Gasteiger partial charge in [-0.2, -0.15) is 5.10 Å². The molecule has 0 aliphatic carbocycles. The lowest BCUT2D eigenvalue weighted by Crippen LogP contribution is -2.37. The number of aromatic nitrogens is 2. The van der Waals surface area contributed by atoms with Crippen LogP contribution in [0.3, 0.4) is 0 Å². The normalized spacial score (nSPS) is 16.2. The molecule has 4 rings (SSSR count). The van der Waals surface area contributed by atoms with E-state index in [0.29, 0.717) is 5.56 Å². The zero-order valence-electron chi connectivity index (χ0n) is 16.2. The van der Waals surface area contributed by atoms with Crippen LogP contribution in [0, 0.1) is 0 Å². The van der Waals surface area contributed by atoms with Gasteiger partial charge in [-0.3, -0.25) is 9.89 Å². The Labute approximate surface area is 165 Å². The summed E-state index contributed by atoms with van der Waals surface area (Å²) in [5.74, 6) is 0.896. The Morgan fingerprint density at radius 1 is 1.14 bits per heavy atom. The van der Waals surface area contributed by atoms with Gasteiger partial charge >= 0.3 is 0 Å². The van der Waals surface area contributed by atoms with E-state index in [0.717, 1.165) is 42.3 Å². The lowest BCUT2D eigenvalue weighted by molar-refractivity contribution is 0.0940. The first-order valence-corrected chi connectivity index (χ1v) is 9.54. The van der Waals surface area contributed by atoms with Crippen molar-refractivity contribution >= 4 is 17.4 Å². The molecule has 6 nitrogen and oxygen atoms in total. The summed E-state index contributed by atoms with van der Waals surface area (Å²) in [6, 6.07) is 20.0. The van der Waals surface area contributed by atoms with Gasteiger partial charge in [0.15, 0.2) is 5.82 Å². The smallest absolute Gasteiger partial charge is 0.251 e. The number of amides is 1. The maximum Gasteiger partial charge on any atom is 0.251 e. The number of carbonyl (C=O) groups excluding carboxylic acids is 1. The molecule has 0 radical (unpaired) electrons. The highest BCUT2D eigenvalue weighted by Crippen LogP contribution is 2.24. The van der Waals surface area contributed by atoms with E-state index in [4.69, 9.17) is 0 Å². The first-order valence-electron chi connectivity index (χ1n) is 9.54. The average molecular weight is 375 g/mol. The summed E-state index contributed by atoms with van der Waals surface area (Å²) in [6.07, 6.45) is 0.909. The fourth-order valence-corrected chi connectivity index (χ4v) is 3.52. The minimum Gasteiger partial charge on any atom is -0.378 e. The Morgan fingerprint density at radius 3 is 2.75 bits per heavy atom. The highest BCUT2D eigenvalue weighted by molar-refractivity contribution is 5.95. The van der Waals surface area contributed by atoms with Gasteiger partial charge in [0.25, 0.3) is 5.91 Å². The second-order valence-corrected chi connectivity index (χ2v) is 7.36. The van der Waals surface area contributed by atoms with Crippen molar-refractivity contribution in [3.63, 3.8) is 0 Å². The molecule has 0 saturated carbocycles. The van der Waals surface area contributed by atoms with Crippen molar-refractivity contribution in [2.24, 2.45) is 0 Å². The summed E-state index contributed by atoms with van der Waals surface area (Å²) >= 11 is 0. The Balaban J connectivity index is 1.39. The second-order valence-electron chi connectivity index (χ2n) is 7.36. The number of rotatable bonds is 5. The molecule has 28 heavy (non-hydrogen) atoms. The fourth-order valence-electron chi connectivity index (χ4n) is 3.52. The van der Waals surface area contributed by atoms with E-state index < -0.39 is 0 Å². The van der Waals surface area contributed by atoms with Crippen molar-refractivity contribution in [2.45, 2.75) is 12.5 Å². The Hall–Kier alpha value is -3.28. The van der Waals surface area contributed by atoms with Gasteiger partial charge in [0, 0.05) is 50.5 Å². The first kappa shape index (κ1) is 18.1. The van der Waals surface area contributed by atoms with Gasteiger partial charge in [-0.15, -0.1) is 0 Å². The number of H-pyrrole nitrogens is 1. The molecule has 1 saturated heterocycles. The molecule has 0 spiro atoms. The highest BCUT2D eigenvalue weighted by Gasteiger charge is 2.26. The van der Waals surface area contributed by atoms with E-state index in [9.17, 15) is 4.79 Å². The SMILES string of the molecule is CN(C)c1cccc(C(=O)NC2CCN(c3cc(-c4ccccc4)[nH]n3)C2)c1. The predicted molar refractivity (Wildman–Crippen MR) is 113 cm³/mol. The molecule has 3 aromatic rings. The predicted octanol–water partition coefficient (Wildman–Crippen LogP) is 3.15. The number of nitrogens with zero attached hydrogens (tertiary/aromatic N) is 3. The van der Waals surface area contributed by atoms with Crippen molar-refractivity contribution in [1.29, 1.82) is 0 Å². The minimum atomic E-state index is -0.0254. The molecule has 2 aromatic carbocycles. The third-order valence-electron chi connectivity index (χ3n) is 5.12. The van der Waals surface area contributed by atoms with E-state index in [-0.39, 0.29) is 11.9 Å².